The van der Waals surface area contributed by atoms with Crippen LogP contribution in [-0.2, 0) is 0 Å². The van der Waals surface area contributed by atoms with E-state index in [1.165, 1.54) is 0 Å². The molecule has 1 aromatic heterocycles. The van der Waals surface area contributed by atoms with Crippen molar-refractivity contribution in [1.82, 2.24) is 0 Å². The van der Waals surface area contributed by atoms with Gasteiger partial charge in [0, 0.05) is 5.56 Å². The van der Waals surface area contributed by atoms with Crippen molar-refractivity contribution in [3.05, 3.63) is 28.2 Å². The van der Waals surface area contributed by atoms with Gasteiger partial charge in [-0.15, -0.1) is 0 Å². The lowest BCUT2D eigenvalue weighted by Gasteiger charge is -1.72. The van der Waals surface area contributed by atoms with E-state index >= 15 is 0 Å². The van der Waals surface area contributed by atoms with Crippen molar-refractivity contribution in [2.45, 2.75) is 0 Å². The minimum Gasteiger partial charge on any atom is -0.472 e. The summed E-state index contributed by atoms with van der Waals surface area (Å²) < 4.78 is 6.76. The maximum atomic E-state index is 4.81. The minimum atomic E-state index is 1.11. The zero-order valence-corrected chi connectivity index (χ0v) is 6.33. The van der Waals surface area contributed by atoms with Gasteiger partial charge in [0.25, 0.3) is 0 Å². The summed E-state index contributed by atoms with van der Waals surface area (Å²) in [5, 5.41) is 0. The Morgan fingerprint density at radius 1 is 1.62 bits per heavy atom. The van der Waals surface area contributed by atoms with Crippen LogP contribution in [0.4, 0.5) is 0 Å². The second-order valence-electron chi connectivity index (χ2n) is 1.35. The van der Waals surface area contributed by atoms with Gasteiger partial charge in [-0.2, -0.15) is 0 Å². The van der Waals surface area contributed by atoms with Crippen LogP contribution in [0.15, 0.2) is 27.1 Å². The molecule has 0 saturated heterocycles. The van der Waals surface area contributed by atoms with E-state index in [9.17, 15) is 0 Å². The van der Waals surface area contributed by atoms with Gasteiger partial charge in [-0.3, -0.25) is 0 Å². The average molecular weight is 220 g/mol. The number of halogens is 1. The number of hydrogen-bond acceptors (Lipinski definition) is 1. The molecule has 1 nitrogen and oxygen atoms in total. The Morgan fingerprint density at radius 2 is 2.50 bits per heavy atom. The van der Waals surface area contributed by atoms with Crippen LogP contribution in [0.3, 0.4) is 0 Å². The van der Waals surface area contributed by atoms with Crippen LogP contribution in [0, 0.1) is 0 Å². The third-order valence-electron chi connectivity index (χ3n) is 0.799. The summed E-state index contributed by atoms with van der Waals surface area (Å²) >= 11 is 2.17. The van der Waals surface area contributed by atoms with E-state index < -0.39 is 0 Å². The number of hydrogen-bond donors (Lipinski definition) is 0. The fourth-order valence-electron chi connectivity index (χ4n) is 0.443. The van der Waals surface area contributed by atoms with Gasteiger partial charge in [0.15, 0.2) is 0 Å². The zero-order chi connectivity index (χ0) is 5.82. The largest absolute Gasteiger partial charge is 0.472 e. The van der Waals surface area contributed by atoms with E-state index in [0.717, 1.165) is 5.56 Å². The van der Waals surface area contributed by atoms with Crippen LogP contribution in [0.5, 0.6) is 0 Å². The van der Waals surface area contributed by atoms with Crippen LogP contribution >= 0.6 is 22.6 Å². The lowest BCUT2D eigenvalue weighted by atomic mass is 10.3. The predicted molar refractivity (Wildman–Crippen MR) is 41.8 cm³/mol. The monoisotopic (exact) mass is 220 g/mol. The molecular weight excluding hydrogens is 215 g/mol. The Morgan fingerprint density at radius 3 is 3.00 bits per heavy atom. The third kappa shape index (κ3) is 1.36. The van der Waals surface area contributed by atoms with Crippen molar-refractivity contribution < 1.29 is 4.42 Å². The van der Waals surface area contributed by atoms with Gasteiger partial charge in [0.1, 0.15) is 0 Å². The van der Waals surface area contributed by atoms with Crippen LogP contribution < -0.4 is 0 Å². The molecule has 1 heterocycles. The van der Waals surface area contributed by atoms with Gasteiger partial charge in [-0.25, -0.2) is 0 Å². The van der Waals surface area contributed by atoms with Gasteiger partial charge >= 0.3 is 0 Å². The van der Waals surface area contributed by atoms with Crippen LogP contribution in [-0.4, -0.2) is 0 Å². The summed E-state index contributed by atoms with van der Waals surface area (Å²) in [6.45, 7) is 0. The second-order valence-corrected chi connectivity index (χ2v) is 2.07. The maximum Gasteiger partial charge on any atom is 0.0975 e. The molecule has 1 aromatic rings. The highest BCUT2D eigenvalue weighted by atomic mass is 127. The fraction of sp³-hybridized carbons (Fsp3) is 0. The van der Waals surface area contributed by atoms with Gasteiger partial charge in [0.05, 0.1) is 12.5 Å². The SMILES string of the molecule is IC=Cc1ccoc1. The molecule has 2 heteroatoms. The molecule has 8 heavy (non-hydrogen) atoms. The average Bonchev–Trinajstić information content (AvgIpc) is 2.19. The molecule has 0 aromatic carbocycles. The zero-order valence-electron chi connectivity index (χ0n) is 4.17. The first-order valence-corrected chi connectivity index (χ1v) is 3.47. The molecule has 0 aliphatic rings. The van der Waals surface area contributed by atoms with Crippen LogP contribution in [0.25, 0.3) is 6.08 Å². The van der Waals surface area contributed by atoms with E-state index in [1.54, 1.807) is 12.5 Å². The Labute approximate surface area is 61.5 Å². The fourth-order valence-corrected chi connectivity index (χ4v) is 0.858. The molecule has 42 valence electrons. The molecule has 1 rings (SSSR count). The van der Waals surface area contributed by atoms with Crippen molar-refractivity contribution in [3.8, 4) is 0 Å². The highest BCUT2D eigenvalue weighted by Gasteiger charge is 1.81. The summed E-state index contributed by atoms with van der Waals surface area (Å²) in [6, 6.07) is 1.91. The Kier molecular flexibility index (Phi) is 2.14. The predicted octanol–water partition coefficient (Wildman–Crippen LogP) is 2.69. The van der Waals surface area contributed by atoms with Crippen molar-refractivity contribution in [1.29, 1.82) is 0 Å². The topological polar surface area (TPSA) is 13.1 Å². The standard InChI is InChI=1S/C6H5IO/c7-3-1-6-2-4-8-5-6/h1-5H. The van der Waals surface area contributed by atoms with E-state index in [-0.39, 0.29) is 0 Å². The lowest BCUT2D eigenvalue weighted by Crippen LogP contribution is -1.52. The van der Waals surface area contributed by atoms with E-state index in [1.807, 2.05) is 16.2 Å². The maximum absolute atomic E-state index is 4.81. The minimum absolute atomic E-state index is 1.11. The molecule has 0 radical (unpaired) electrons. The quantitative estimate of drug-likeness (QED) is 0.663. The highest BCUT2D eigenvalue weighted by Crippen LogP contribution is 2.03. The van der Waals surface area contributed by atoms with Gasteiger partial charge in [-0.05, 0) is 16.2 Å². The summed E-state index contributed by atoms with van der Waals surface area (Å²) in [6.07, 6.45) is 5.34. The van der Waals surface area contributed by atoms with Gasteiger partial charge in [0.2, 0.25) is 0 Å². The smallest absolute Gasteiger partial charge is 0.0975 e. The normalized spacial score (nSPS) is 10.6. The Hall–Kier alpha value is -0.250. The van der Waals surface area contributed by atoms with E-state index in [2.05, 4.69) is 22.6 Å². The van der Waals surface area contributed by atoms with E-state index in [0.29, 0.717) is 0 Å². The van der Waals surface area contributed by atoms with Crippen molar-refractivity contribution >= 4 is 28.7 Å². The number of furan rings is 1. The molecule has 0 spiro atoms. The molecule has 0 saturated carbocycles. The summed E-state index contributed by atoms with van der Waals surface area (Å²) in [5.41, 5.74) is 1.11. The van der Waals surface area contributed by atoms with Gasteiger partial charge < -0.3 is 4.42 Å². The van der Waals surface area contributed by atoms with Gasteiger partial charge in [-0.1, -0.05) is 22.6 Å². The lowest BCUT2D eigenvalue weighted by molar-refractivity contribution is 0.567. The first-order chi connectivity index (χ1) is 3.93. The molecule has 0 fully saturated rings. The third-order valence-corrected chi connectivity index (χ3v) is 1.16. The first kappa shape index (κ1) is 5.88. The molecule has 0 unspecified atom stereocenters. The van der Waals surface area contributed by atoms with E-state index in [4.69, 9.17) is 4.42 Å². The first-order valence-electron chi connectivity index (χ1n) is 2.22. The summed E-state index contributed by atoms with van der Waals surface area (Å²) in [4.78, 5) is 0. The Bertz CT molecular complexity index is 165. The molecule has 0 amide bonds. The summed E-state index contributed by atoms with van der Waals surface area (Å²) in [5.74, 6) is 0. The van der Waals surface area contributed by atoms with Crippen molar-refractivity contribution in [3.63, 3.8) is 0 Å². The number of rotatable bonds is 1. The molecule has 0 aliphatic heterocycles. The molecule has 0 N–H and O–H groups in total. The van der Waals surface area contributed by atoms with Crippen LogP contribution in [0.2, 0.25) is 0 Å². The van der Waals surface area contributed by atoms with Crippen molar-refractivity contribution in [2.75, 3.05) is 0 Å². The summed E-state index contributed by atoms with van der Waals surface area (Å²) in [7, 11) is 0. The highest BCUT2D eigenvalue weighted by molar-refractivity contribution is 14.1. The van der Waals surface area contributed by atoms with Crippen molar-refractivity contribution in [2.24, 2.45) is 0 Å². The molecule has 0 aliphatic carbocycles. The second kappa shape index (κ2) is 2.91. The van der Waals surface area contributed by atoms with Crippen LogP contribution in [0.1, 0.15) is 5.56 Å². The molecule has 0 atom stereocenters. The Balaban J connectivity index is 2.77. The molecular formula is C6H5IO. The molecule has 0 bridgehead atoms.